The first-order valence-electron chi connectivity index (χ1n) is 5.04. The largest absolute Gasteiger partial charge is 0.466 e. The SMILES string of the molecule is C.CCOC(=O)C1CC1c1ccccc1. The molecule has 0 aliphatic heterocycles. The Bertz CT molecular complexity index is 319. The van der Waals surface area contributed by atoms with E-state index in [1.807, 2.05) is 25.1 Å². The number of esters is 1. The third-order valence-electron chi connectivity index (χ3n) is 2.61. The van der Waals surface area contributed by atoms with Crippen molar-refractivity contribution in [2.45, 2.75) is 26.7 Å². The molecule has 0 bridgehead atoms. The Balaban J connectivity index is 0.00000112. The molecule has 2 nitrogen and oxygen atoms in total. The third kappa shape index (κ3) is 2.58. The van der Waals surface area contributed by atoms with E-state index in [4.69, 9.17) is 4.74 Å². The Kier molecular flexibility index (Phi) is 3.89. The van der Waals surface area contributed by atoms with E-state index < -0.39 is 0 Å². The topological polar surface area (TPSA) is 26.3 Å². The zero-order chi connectivity index (χ0) is 9.97. The molecular weight excluding hydrogens is 188 g/mol. The molecule has 2 unspecified atom stereocenters. The molecule has 0 N–H and O–H groups in total. The molecule has 0 aromatic heterocycles. The number of hydrogen-bond donors (Lipinski definition) is 0. The summed E-state index contributed by atoms with van der Waals surface area (Å²) in [5.41, 5.74) is 1.26. The predicted octanol–water partition coefficient (Wildman–Crippen LogP) is 2.99. The predicted molar refractivity (Wildman–Crippen MR) is 60.7 cm³/mol. The Hall–Kier alpha value is -1.31. The molecule has 2 atom stereocenters. The van der Waals surface area contributed by atoms with Gasteiger partial charge in [-0.1, -0.05) is 37.8 Å². The lowest BCUT2D eigenvalue weighted by atomic mass is 10.1. The van der Waals surface area contributed by atoms with Gasteiger partial charge in [0.05, 0.1) is 12.5 Å². The minimum atomic E-state index is -0.0404. The van der Waals surface area contributed by atoms with Gasteiger partial charge in [0.1, 0.15) is 0 Å². The Morgan fingerprint density at radius 1 is 1.40 bits per heavy atom. The van der Waals surface area contributed by atoms with Gasteiger partial charge in [-0.25, -0.2) is 0 Å². The smallest absolute Gasteiger partial charge is 0.309 e. The van der Waals surface area contributed by atoms with E-state index >= 15 is 0 Å². The maximum absolute atomic E-state index is 11.4. The molecule has 1 aliphatic rings. The lowest BCUT2D eigenvalue weighted by Gasteiger charge is -2.00. The molecule has 0 radical (unpaired) electrons. The minimum Gasteiger partial charge on any atom is -0.466 e. The van der Waals surface area contributed by atoms with Crippen LogP contribution in [0.2, 0.25) is 0 Å². The quantitative estimate of drug-likeness (QED) is 0.711. The molecule has 1 aliphatic carbocycles. The van der Waals surface area contributed by atoms with Crippen molar-refractivity contribution in [1.29, 1.82) is 0 Å². The number of carbonyl (C=O) groups is 1. The number of carbonyl (C=O) groups excluding carboxylic acids is 1. The van der Waals surface area contributed by atoms with Crippen LogP contribution in [0.15, 0.2) is 30.3 Å². The molecule has 0 heterocycles. The molecule has 0 saturated heterocycles. The second kappa shape index (κ2) is 4.96. The summed E-state index contributed by atoms with van der Waals surface area (Å²) in [5, 5.41) is 0. The second-order valence-corrected chi connectivity index (χ2v) is 3.61. The van der Waals surface area contributed by atoms with Crippen molar-refractivity contribution in [3.05, 3.63) is 35.9 Å². The summed E-state index contributed by atoms with van der Waals surface area (Å²) < 4.78 is 4.98. The molecule has 1 saturated carbocycles. The van der Waals surface area contributed by atoms with Crippen LogP contribution in [0.25, 0.3) is 0 Å². The van der Waals surface area contributed by atoms with Gasteiger partial charge >= 0.3 is 5.97 Å². The second-order valence-electron chi connectivity index (χ2n) is 3.61. The molecule has 1 aromatic rings. The molecule has 0 amide bonds. The van der Waals surface area contributed by atoms with Crippen LogP contribution in [-0.2, 0) is 9.53 Å². The van der Waals surface area contributed by atoms with Crippen LogP contribution in [0.1, 0.15) is 32.3 Å². The van der Waals surface area contributed by atoms with Gasteiger partial charge in [-0.3, -0.25) is 4.79 Å². The van der Waals surface area contributed by atoms with E-state index in [-0.39, 0.29) is 19.3 Å². The van der Waals surface area contributed by atoms with Gasteiger partial charge in [-0.05, 0) is 24.8 Å². The summed E-state index contributed by atoms with van der Waals surface area (Å²) >= 11 is 0. The van der Waals surface area contributed by atoms with Crippen molar-refractivity contribution in [1.82, 2.24) is 0 Å². The molecule has 2 rings (SSSR count). The summed E-state index contributed by atoms with van der Waals surface area (Å²) in [6.07, 6.45) is 0.947. The molecule has 1 fully saturated rings. The normalized spacial score (nSPS) is 22.7. The minimum absolute atomic E-state index is 0. The standard InChI is InChI=1S/C12H14O2.CH4/c1-2-14-12(13)11-8-10(11)9-6-4-3-5-7-9;/h3-7,10-11H,2,8H2,1H3;1H4. The van der Waals surface area contributed by atoms with Crippen molar-refractivity contribution >= 4 is 5.97 Å². The first-order valence-corrected chi connectivity index (χ1v) is 5.04. The lowest BCUT2D eigenvalue weighted by molar-refractivity contribution is -0.144. The highest BCUT2D eigenvalue weighted by molar-refractivity contribution is 5.77. The highest BCUT2D eigenvalue weighted by Gasteiger charge is 2.44. The van der Waals surface area contributed by atoms with Crippen molar-refractivity contribution in [2.75, 3.05) is 6.61 Å². The van der Waals surface area contributed by atoms with Gasteiger partial charge in [0, 0.05) is 0 Å². The fourth-order valence-corrected chi connectivity index (χ4v) is 1.77. The lowest BCUT2D eigenvalue weighted by Crippen LogP contribution is -2.07. The van der Waals surface area contributed by atoms with E-state index in [0.717, 1.165) is 6.42 Å². The van der Waals surface area contributed by atoms with E-state index in [1.54, 1.807) is 0 Å². The van der Waals surface area contributed by atoms with Gasteiger partial charge in [0.2, 0.25) is 0 Å². The van der Waals surface area contributed by atoms with Crippen LogP contribution in [0.3, 0.4) is 0 Å². The summed E-state index contributed by atoms with van der Waals surface area (Å²) in [6, 6.07) is 10.2. The van der Waals surface area contributed by atoms with Crippen molar-refractivity contribution in [2.24, 2.45) is 5.92 Å². The van der Waals surface area contributed by atoms with Crippen molar-refractivity contribution in [3.8, 4) is 0 Å². The van der Waals surface area contributed by atoms with E-state index in [2.05, 4.69) is 12.1 Å². The van der Waals surface area contributed by atoms with Gasteiger partial charge in [0.15, 0.2) is 0 Å². The zero-order valence-corrected chi connectivity index (χ0v) is 8.27. The Morgan fingerprint density at radius 3 is 2.67 bits per heavy atom. The number of rotatable bonds is 3. The van der Waals surface area contributed by atoms with Crippen molar-refractivity contribution in [3.63, 3.8) is 0 Å². The van der Waals surface area contributed by atoms with E-state index in [9.17, 15) is 4.79 Å². The number of hydrogen-bond acceptors (Lipinski definition) is 2. The molecular formula is C13H18O2. The number of ether oxygens (including phenoxy) is 1. The summed E-state index contributed by atoms with van der Waals surface area (Å²) in [6.45, 7) is 2.33. The van der Waals surface area contributed by atoms with Crippen LogP contribution in [0.5, 0.6) is 0 Å². The molecule has 82 valence electrons. The Morgan fingerprint density at radius 2 is 2.07 bits per heavy atom. The number of benzene rings is 1. The van der Waals surface area contributed by atoms with Gasteiger partial charge in [-0.15, -0.1) is 0 Å². The first kappa shape index (κ1) is 11.8. The monoisotopic (exact) mass is 206 g/mol. The first-order chi connectivity index (χ1) is 6.83. The van der Waals surface area contributed by atoms with Crippen LogP contribution in [-0.4, -0.2) is 12.6 Å². The summed E-state index contributed by atoms with van der Waals surface area (Å²) in [7, 11) is 0. The van der Waals surface area contributed by atoms with Crippen LogP contribution < -0.4 is 0 Å². The van der Waals surface area contributed by atoms with E-state index in [1.165, 1.54) is 5.56 Å². The van der Waals surface area contributed by atoms with Crippen LogP contribution >= 0.6 is 0 Å². The molecule has 2 heteroatoms. The summed E-state index contributed by atoms with van der Waals surface area (Å²) in [4.78, 5) is 11.4. The van der Waals surface area contributed by atoms with E-state index in [0.29, 0.717) is 12.5 Å². The average Bonchev–Trinajstić information content (AvgIpc) is 2.99. The van der Waals surface area contributed by atoms with Crippen LogP contribution in [0.4, 0.5) is 0 Å². The van der Waals surface area contributed by atoms with Crippen LogP contribution in [0, 0.1) is 5.92 Å². The average molecular weight is 206 g/mol. The molecule has 1 aromatic carbocycles. The van der Waals surface area contributed by atoms with Crippen molar-refractivity contribution < 1.29 is 9.53 Å². The third-order valence-corrected chi connectivity index (χ3v) is 2.61. The molecule has 0 spiro atoms. The maximum Gasteiger partial charge on any atom is 0.309 e. The summed E-state index contributed by atoms with van der Waals surface area (Å²) in [5.74, 6) is 0.467. The van der Waals surface area contributed by atoms with Gasteiger partial charge in [0.25, 0.3) is 0 Å². The van der Waals surface area contributed by atoms with Gasteiger partial charge < -0.3 is 4.74 Å². The molecule has 15 heavy (non-hydrogen) atoms. The fourth-order valence-electron chi connectivity index (χ4n) is 1.77. The highest BCUT2D eigenvalue weighted by Crippen LogP contribution is 2.47. The van der Waals surface area contributed by atoms with Gasteiger partial charge in [-0.2, -0.15) is 0 Å². The Labute approximate surface area is 91.3 Å². The maximum atomic E-state index is 11.4. The highest BCUT2D eigenvalue weighted by atomic mass is 16.5. The zero-order valence-electron chi connectivity index (χ0n) is 8.27. The fraction of sp³-hybridized carbons (Fsp3) is 0.462.